The predicted octanol–water partition coefficient (Wildman–Crippen LogP) is 5.45. The summed E-state index contributed by atoms with van der Waals surface area (Å²) < 4.78 is 36.1. The number of halogens is 1. The number of hydrogen-bond acceptors (Lipinski definition) is 10. The molecule has 2 atom stereocenters. The normalized spacial score (nSPS) is 16.7. The number of carbonyl (C=O) groups excluding carboxylic acids is 3. The molecule has 1 N–H and O–H groups in total. The molecule has 0 spiro atoms. The first-order chi connectivity index (χ1) is 24.2. The van der Waals surface area contributed by atoms with Crippen molar-refractivity contribution in [3.05, 3.63) is 83.4 Å². The number of unbranched alkanes of at least 4 members (excludes halogenated alkanes) is 2. The second-order valence-electron chi connectivity index (χ2n) is 12.5. The molecular formula is C37H45FN4O8. The third-order valence-corrected chi connectivity index (χ3v) is 8.72. The molecule has 2 aromatic carbocycles. The van der Waals surface area contributed by atoms with Crippen molar-refractivity contribution in [2.24, 2.45) is 0 Å². The lowest BCUT2D eigenvalue weighted by Gasteiger charge is -2.28. The van der Waals surface area contributed by atoms with Crippen LogP contribution in [0.5, 0.6) is 5.88 Å². The minimum Gasteiger partial charge on any atom is -0.471 e. The van der Waals surface area contributed by atoms with Crippen LogP contribution in [0.1, 0.15) is 67.4 Å². The van der Waals surface area contributed by atoms with E-state index in [1.165, 1.54) is 28.2 Å². The highest BCUT2D eigenvalue weighted by atomic mass is 19.1. The van der Waals surface area contributed by atoms with Crippen molar-refractivity contribution in [1.82, 2.24) is 15.0 Å². The smallest absolute Gasteiger partial charge is 0.414 e. The Kier molecular flexibility index (Phi) is 13.0. The van der Waals surface area contributed by atoms with Gasteiger partial charge in [-0.3, -0.25) is 14.6 Å². The van der Waals surface area contributed by atoms with E-state index in [1.807, 2.05) is 12.1 Å². The van der Waals surface area contributed by atoms with Gasteiger partial charge in [0.25, 0.3) is 11.8 Å². The zero-order chi connectivity index (χ0) is 35.5. The van der Waals surface area contributed by atoms with Gasteiger partial charge in [0.15, 0.2) is 12.2 Å². The Labute approximate surface area is 291 Å². The molecule has 1 fully saturated rings. The zero-order valence-electron chi connectivity index (χ0n) is 28.6. The van der Waals surface area contributed by atoms with Crippen LogP contribution in [0.25, 0.3) is 5.57 Å². The summed E-state index contributed by atoms with van der Waals surface area (Å²) in [5.41, 5.74) is 2.77. The molecule has 1 saturated heterocycles. The minimum absolute atomic E-state index is 0.0694. The van der Waals surface area contributed by atoms with Crippen LogP contribution < -0.4 is 9.64 Å². The third-order valence-electron chi connectivity index (χ3n) is 8.72. The predicted molar refractivity (Wildman–Crippen MR) is 183 cm³/mol. The average molecular weight is 693 g/mol. The summed E-state index contributed by atoms with van der Waals surface area (Å²) in [4.78, 5) is 43.4. The maximum Gasteiger partial charge on any atom is 0.414 e. The lowest BCUT2D eigenvalue weighted by atomic mass is 9.98. The van der Waals surface area contributed by atoms with Crippen LogP contribution in [0.15, 0.2) is 65.4 Å². The molecule has 2 aliphatic rings. The highest BCUT2D eigenvalue weighted by Gasteiger charge is 2.34. The Balaban J connectivity index is 1.10. The molecule has 0 unspecified atom stereocenters. The first kappa shape index (κ1) is 36.5. The van der Waals surface area contributed by atoms with Crippen molar-refractivity contribution >= 4 is 29.2 Å². The Morgan fingerprint density at radius 1 is 1.12 bits per heavy atom. The van der Waals surface area contributed by atoms with E-state index >= 15 is 4.39 Å². The molecule has 2 amide bonds. The molecule has 0 radical (unpaired) electrons. The van der Waals surface area contributed by atoms with E-state index in [-0.39, 0.29) is 32.1 Å². The Hall–Kier alpha value is -4.75. The minimum atomic E-state index is -1.53. The number of esters is 1. The molecule has 13 heteroatoms. The SMILES string of the molecule is CCCCN(CCCC)Cc1cccc(C(=O)OC[C@H](O)C(=O)N2CC=C(c3ccc(N4C[C@H](COc5ccon5)OC4=O)cc3F)CC2)c1. The second kappa shape index (κ2) is 17.8. The van der Waals surface area contributed by atoms with Crippen LogP contribution in [0.4, 0.5) is 14.9 Å². The van der Waals surface area contributed by atoms with Gasteiger partial charge in [-0.25, -0.2) is 14.0 Å². The number of aromatic nitrogens is 1. The number of cyclic esters (lactones) is 1. The summed E-state index contributed by atoms with van der Waals surface area (Å²) >= 11 is 0. The number of nitrogens with zero attached hydrogens (tertiary/aromatic N) is 4. The van der Waals surface area contributed by atoms with Crippen LogP contribution in [-0.2, 0) is 20.8 Å². The number of anilines is 1. The van der Waals surface area contributed by atoms with Crippen molar-refractivity contribution in [3.8, 4) is 5.88 Å². The summed E-state index contributed by atoms with van der Waals surface area (Å²) in [5, 5.41) is 14.2. The molecule has 0 saturated carbocycles. The van der Waals surface area contributed by atoms with Gasteiger partial charge < -0.3 is 28.7 Å². The van der Waals surface area contributed by atoms with Crippen molar-refractivity contribution in [2.45, 2.75) is 64.7 Å². The summed E-state index contributed by atoms with van der Waals surface area (Å²) in [6.07, 6.45) is 5.19. The highest BCUT2D eigenvalue weighted by Crippen LogP contribution is 2.30. The number of amides is 2. The van der Waals surface area contributed by atoms with E-state index < -0.39 is 42.6 Å². The van der Waals surface area contributed by atoms with Crippen LogP contribution in [0, 0.1) is 5.82 Å². The molecule has 268 valence electrons. The van der Waals surface area contributed by atoms with Crippen molar-refractivity contribution < 1.29 is 42.6 Å². The van der Waals surface area contributed by atoms with E-state index in [2.05, 4.69) is 23.9 Å². The first-order valence-corrected chi connectivity index (χ1v) is 17.2. The van der Waals surface area contributed by atoms with Gasteiger partial charge in [0, 0.05) is 31.3 Å². The third kappa shape index (κ3) is 9.69. The van der Waals surface area contributed by atoms with Crippen molar-refractivity contribution in [3.63, 3.8) is 0 Å². The number of hydrogen-bond donors (Lipinski definition) is 1. The Morgan fingerprint density at radius 3 is 2.60 bits per heavy atom. The molecule has 1 aromatic heterocycles. The molecule has 2 aliphatic heterocycles. The summed E-state index contributed by atoms with van der Waals surface area (Å²) in [5.74, 6) is -1.43. The van der Waals surface area contributed by atoms with Crippen molar-refractivity contribution in [1.29, 1.82) is 0 Å². The molecule has 3 aromatic rings. The van der Waals surface area contributed by atoms with Gasteiger partial charge in [-0.05, 0) is 79.0 Å². The quantitative estimate of drug-likeness (QED) is 0.182. The van der Waals surface area contributed by atoms with Gasteiger partial charge in [0.05, 0.1) is 17.8 Å². The number of rotatable bonds is 17. The van der Waals surface area contributed by atoms with E-state index in [1.54, 1.807) is 30.3 Å². The maximum atomic E-state index is 15.3. The fraction of sp³-hybridized carbons (Fsp3) is 0.459. The van der Waals surface area contributed by atoms with Crippen LogP contribution >= 0.6 is 0 Å². The number of carbonyl (C=O) groups is 3. The molecule has 12 nitrogen and oxygen atoms in total. The topological polar surface area (TPSA) is 135 Å². The fourth-order valence-corrected chi connectivity index (χ4v) is 5.93. The monoisotopic (exact) mass is 692 g/mol. The van der Waals surface area contributed by atoms with E-state index in [0.29, 0.717) is 28.8 Å². The number of ether oxygens (including phenoxy) is 3. The zero-order valence-corrected chi connectivity index (χ0v) is 28.6. The van der Waals surface area contributed by atoms with Gasteiger partial charge >= 0.3 is 12.1 Å². The van der Waals surface area contributed by atoms with Crippen molar-refractivity contribution in [2.75, 3.05) is 50.8 Å². The van der Waals surface area contributed by atoms with Gasteiger partial charge in [-0.2, -0.15) is 0 Å². The lowest BCUT2D eigenvalue weighted by Crippen LogP contribution is -2.43. The standard InChI is InChI=1S/C37H45FN4O8/c1-3-5-15-40(16-6-4-2)22-26-8-7-9-28(20-26)36(45)48-25-33(43)35(44)41-17-12-27(13-18-41)31-11-10-29(21-32(31)38)42-23-30(50-37(42)46)24-47-34-14-19-49-39-34/h7-12,14,19-21,30,33,43H,3-6,13,15-18,22-25H2,1-2H3/t30-,33+/m1/s1. The molecule has 3 heterocycles. The Morgan fingerprint density at radius 2 is 1.92 bits per heavy atom. The van der Waals surface area contributed by atoms with Crippen LogP contribution in [0.3, 0.4) is 0 Å². The Bertz CT molecular complexity index is 1620. The van der Waals surface area contributed by atoms with Gasteiger partial charge in [0.2, 0.25) is 0 Å². The summed E-state index contributed by atoms with van der Waals surface area (Å²) in [6, 6.07) is 13.3. The van der Waals surface area contributed by atoms with Crippen LogP contribution in [-0.4, -0.2) is 96.2 Å². The molecule has 5 rings (SSSR count). The summed E-state index contributed by atoms with van der Waals surface area (Å²) in [7, 11) is 0. The highest BCUT2D eigenvalue weighted by molar-refractivity contribution is 5.91. The molecule has 50 heavy (non-hydrogen) atoms. The van der Waals surface area contributed by atoms with Gasteiger partial charge in [-0.1, -0.05) is 44.9 Å². The number of aliphatic hydroxyl groups is 1. The van der Waals surface area contributed by atoms with E-state index in [9.17, 15) is 19.5 Å². The lowest BCUT2D eigenvalue weighted by molar-refractivity contribution is -0.141. The average Bonchev–Trinajstić information content (AvgIpc) is 3.80. The van der Waals surface area contributed by atoms with Crippen LogP contribution in [0.2, 0.25) is 0 Å². The number of aliphatic hydroxyl groups excluding tert-OH is 1. The maximum absolute atomic E-state index is 15.3. The van der Waals surface area contributed by atoms with E-state index in [4.69, 9.17) is 18.7 Å². The molecule has 0 aliphatic carbocycles. The fourth-order valence-electron chi connectivity index (χ4n) is 5.93. The van der Waals surface area contributed by atoms with Gasteiger partial charge in [-0.15, -0.1) is 0 Å². The molecule has 0 bridgehead atoms. The van der Waals surface area contributed by atoms with Gasteiger partial charge in [0.1, 0.15) is 25.3 Å². The molecular weight excluding hydrogens is 647 g/mol. The number of benzene rings is 2. The second-order valence-corrected chi connectivity index (χ2v) is 12.5. The largest absolute Gasteiger partial charge is 0.471 e. The van der Waals surface area contributed by atoms with E-state index in [0.717, 1.165) is 50.9 Å². The summed E-state index contributed by atoms with van der Waals surface area (Å²) in [6.45, 7) is 7.23. The first-order valence-electron chi connectivity index (χ1n) is 17.2.